The van der Waals surface area contributed by atoms with E-state index in [4.69, 9.17) is 9.47 Å². The normalized spacial score (nSPS) is 10.3. The first-order valence-electron chi connectivity index (χ1n) is 5.79. The van der Waals surface area contributed by atoms with Crippen LogP contribution in [-0.4, -0.2) is 14.2 Å². The highest BCUT2D eigenvalue weighted by atomic mass is 127. The minimum Gasteiger partial charge on any atom is -0.496 e. The molecule has 0 amide bonds. The van der Waals surface area contributed by atoms with E-state index >= 15 is 0 Å². The second kappa shape index (κ2) is 6.78. The summed E-state index contributed by atoms with van der Waals surface area (Å²) in [5.74, 6) is 1.85. The van der Waals surface area contributed by atoms with E-state index in [1.807, 2.05) is 12.1 Å². The molecule has 0 aromatic heterocycles. The van der Waals surface area contributed by atoms with E-state index in [0.717, 1.165) is 25.1 Å². The third-order valence-electron chi connectivity index (χ3n) is 2.84. The molecule has 2 aromatic rings. The Labute approximate surface area is 140 Å². The van der Waals surface area contributed by atoms with Crippen LogP contribution in [0, 0.1) is 7.14 Å². The quantitative estimate of drug-likeness (QED) is 0.601. The van der Waals surface area contributed by atoms with Crippen LogP contribution in [0.15, 0.2) is 36.4 Å². The van der Waals surface area contributed by atoms with E-state index in [9.17, 15) is 0 Å². The summed E-state index contributed by atoms with van der Waals surface area (Å²) in [6.45, 7) is 0. The highest BCUT2D eigenvalue weighted by molar-refractivity contribution is 14.1. The summed E-state index contributed by atoms with van der Waals surface area (Å²) >= 11 is 4.60. The van der Waals surface area contributed by atoms with Gasteiger partial charge in [0, 0.05) is 0 Å². The van der Waals surface area contributed by atoms with Crippen LogP contribution in [0.4, 0.5) is 0 Å². The van der Waals surface area contributed by atoms with Gasteiger partial charge >= 0.3 is 0 Å². The zero-order valence-electron chi connectivity index (χ0n) is 10.7. The number of rotatable bonds is 4. The Morgan fingerprint density at radius 2 is 1.21 bits per heavy atom. The van der Waals surface area contributed by atoms with E-state index in [0.29, 0.717) is 0 Å². The summed E-state index contributed by atoms with van der Waals surface area (Å²) in [5.41, 5.74) is 2.57. The maximum Gasteiger partial charge on any atom is 0.132 e. The van der Waals surface area contributed by atoms with Gasteiger partial charge in [0.05, 0.1) is 21.4 Å². The molecule has 0 aliphatic rings. The van der Waals surface area contributed by atoms with Gasteiger partial charge in [-0.1, -0.05) is 12.1 Å². The van der Waals surface area contributed by atoms with Gasteiger partial charge in [-0.2, -0.15) is 0 Å². The second-order valence-electron chi connectivity index (χ2n) is 4.11. The van der Waals surface area contributed by atoms with E-state index in [1.165, 1.54) is 11.1 Å². The molecule has 0 radical (unpaired) electrons. The summed E-state index contributed by atoms with van der Waals surface area (Å²) < 4.78 is 12.8. The summed E-state index contributed by atoms with van der Waals surface area (Å²) in [6.07, 6.45) is 0.917. The van der Waals surface area contributed by atoms with Crippen molar-refractivity contribution in [3.8, 4) is 11.5 Å². The molecular weight excluding hydrogens is 466 g/mol. The third-order valence-corrected chi connectivity index (χ3v) is 4.53. The minimum atomic E-state index is 0.917. The Balaban J connectivity index is 2.21. The molecule has 19 heavy (non-hydrogen) atoms. The fourth-order valence-electron chi connectivity index (χ4n) is 1.88. The van der Waals surface area contributed by atoms with Gasteiger partial charge in [-0.25, -0.2) is 0 Å². The smallest absolute Gasteiger partial charge is 0.132 e. The molecule has 2 nitrogen and oxygen atoms in total. The zero-order chi connectivity index (χ0) is 13.8. The van der Waals surface area contributed by atoms with Crippen molar-refractivity contribution in [3.63, 3.8) is 0 Å². The van der Waals surface area contributed by atoms with Crippen molar-refractivity contribution in [2.45, 2.75) is 6.42 Å². The maximum atomic E-state index is 5.27. The lowest BCUT2D eigenvalue weighted by atomic mass is 10.0. The monoisotopic (exact) mass is 480 g/mol. The number of methoxy groups -OCH3 is 2. The molecule has 0 N–H and O–H groups in total. The lowest BCUT2D eigenvalue weighted by Gasteiger charge is -2.08. The highest BCUT2D eigenvalue weighted by Gasteiger charge is 2.05. The number of hydrogen-bond donors (Lipinski definition) is 0. The Kier molecular flexibility index (Phi) is 5.32. The van der Waals surface area contributed by atoms with Gasteiger partial charge in [0.25, 0.3) is 0 Å². The summed E-state index contributed by atoms with van der Waals surface area (Å²) in [4.78, 5) is 0. The van der Waals surface area contributed by atoms with E-state index < -0.39 is 0 Å². The number of ether oxygens (including phenoxy) is 2. The molecule has 2 aromatic carbocycles. The number of hydrogen-bond acceptors (Lipinski definition) is 2. The molecule has 0 unspecified atom stereocenters. The average Bonchev–Trinajstić information content (AvgIpc) is 2.39. The second-order valence-corrected chi connectivity index (χ2v) is 6.44. The summed E-state index contributed by atoms with van der Waals surface area (Å²) in [5, 5.41) is 0. The minimum absolute atomic E-state index is 0.917. The molecule has 0 heterocycles. The standard InChI is InChI=1S/C15H14I2O2/c1-18-14-5-3-10(8-12(14)16)7-11-4-6-15(19-2)13(17)9-11/h3-6,8-9H,7H2,1-2H3. The molecule has 0 saturated carbocycles. The van der Waals surface area contributed by atoms with Crippen molar-refractivity contribution < 1.29 is 9.47 Å². The van der Waals surface area contributed by atoms with Gasteiger partial charge in [-0.15, -0.1) is 0 Å². The summed E-state index contributed by atoms with van der Waals surface area (Å²) in [6, 6.07) is 12.6. The fraction of sp³-hybridized carbons (Fsp3) is 0.200. The molecule has 0 aliphatic heterocycles. The molecular formula is C15H14I2O2. The summed E-state index contributed by atoms with van der Waals surface area (Å²) in [7, 11) is 3.39. The van der Waals surface area contributed by atoms with Crippen LogP contribution in [0.25, 0.3) is 0 Å². The maximum absolute atomic E-state index is 5.27. The van der Waals surface area contributed by atoms with Crippen molar-refractivity contribution in [2.75, 3.05) is 14.2 Å². The van der Waals surface area contributed by atoms with Crippen LogP contribution in [0.1, 0.15) is 11.1 Å². The van der Waals surface area contributed by atoms with E-state index in [1.54, 1.807) is 14.2 Å². The Morgan fingerprint density at radius 1 is 0.789 bits per heavy atom. The highest BCUT2D eigenvalue weighted by Crippen LogP contribution is 2.25. The van der Waals surface area contributed by atoms with Gasteiger partial charge < -0.3 is 9.47 Å². The number of halogens is 2. The van der Waals surface area contributed by atoms with Gasteiger partial charge in [0.2, 0.25) is 0 Å². The van der Waals surface area contributed by atoms with Crippen LogP contribution < -0.4 is 9.47 Å². The lowest BCUT2D eigenvalue weighted by Crippen LogP contribution is -1.94. The molecule has 0 fully saturated rings. The van der Waals surface area contributed by atoms with E-state index in [-0.39, 0.29) is 0 Å². The average molecular weight is 480 g/mol. The van der Waals surface area contributed by atoms with Crippen molar-refractivity contribution in [1.82, 2.24) is 0 Å². The topological polar surface area (TPSA) is 18.5 Å². The third kappa shape index (κ3) is 3.75. The molecule has 4 heteroatoms. The van der Waals surface area contributed by atoms with Gasteiger partial charge in [0.15, 0.2) is 0 Å². The van der Waals surface area contributed by atoms with Crippen LogP contribution in [0.5, 0.6) is 11.5 Å². The molecule has 2 rings (SSSR count). The first-order valence-corrected chi connectivity index (χ1v) is 7.94. The molecule has 0 bridgehead atoms. The Morgan fingerprint density at radius 3 is 1.53 bits per heavy atom. The van der Waals surface area contributed by atoms with E-state index in [2.05, 4.69) is 69.4 Å². The predicted molar refractivity (Wildman–Crippen MR) is 94.2 cm³/mol. The van der Waals surface area contributed by atoms with Crippen LogP contribution in [0.2, 0.25) is 0 Å². The molecule has 0 aliphatic carbocycles. The van der Waals surface area contributed by atoms with Gasteiger partial charge in [-0.05, 0) is 87.0 Å². The molecule has 0 atom stereocenters. The first-order chi connectivity index (χ1) is 9.13. The fourth-order valence-corrected chi connectivity index (χ4v) is 3.48. The van der Waals surface area contributed by atoms with Crippen LogP contribution in [-0.2, 0) is 6.42 Å². The van der Waals surface area contributed by atoms with Crippen molar-refractivity contribution in [1.29, 1.82) is 0 Å². The molecule has 0 spiro atoms. The van der Waals surface area contributed by atoms with Crippen LogP contribution in [0.3, 0.4) is 0 Å². The van der Waals surface area contributed by atoms with Gasteiger partial charge in [0.1, 0.15) is 11.5 Å². The van der Waals surface area contributed by atoms with Crippen LogP contribution >= 0.6 is 45.2 Å². The van der Waals surface area contributed by atoms with Gasteiger partial charge in [-0.3, -0.25) is 0 Å². The largest absolute Gasteiger partial charge is 0.496 e. The van der Waals surface area contributed by atoms with Crippen molar-refractivity contribution >= 4 is 45.2 Å². The molecule has 0 saturated heterocycles. The first kappa shape index (κ1) is 14.9. The zero-order valence-corrected chi connectivity index (χ0v) is 15.1. The SMILES string of the molecule is COc1ccc(Cc2ccc(OC)c(I)c2)cc1I. The predicted octanol–water partition coefficient (Wildman–Crippen LogP) is 4.50. The lowest BCUT2D eigenvalue weighted by molar-refractivity contribution is 0.411. The van der Waals surface area contributed by atoms with Crippen molar-refractivity contribution in [3.05, 3.63) is 54.7 Å². The Hall–Kier alpha value is -0.500. The molecule has 100 valence electrons. The Bertz CT molecular complexity index is 531. The number of benzene rings is 2. The van der Waals surface area contributed by atoms with Crippen molar-refractivity contribution in [2.24, 2.45) is 0 Å².